The maximum absolute atomic E-state index is 13.4. The predicted molar refractivity (Wildman–Crippen MR) is 113 cm³/mol. The fraction of sp³-hybridized carbons (Fsp3) is 0.409. The molecule has 0 spiro atoms. The van der Waals surface area contributed by atoms with Crippen molar-refractivity contribution in [1.29, 1.82) is 0 Å². The van der Waals surface area contributed by atoms with Crippen LogP contribution in [0.15, 0.2) is 35.0 Å². The molecule has 1 unspecified atom stereocenters. The second kappa shape index (κ2) is 7.91. The molecule has 1 saturated heterocycles. The Morgan fingerprint density at radius 2 is 2.06 bits per heavy atom. The highest BCUT2D eigenvalue weighted by Gasteiger charge is 2.37. The van der Waals surface area contributed by atoms with Crippen molar-refractivity contribution in [2.24, 2.45) is 0 Å². The van der Waals surface area contributed by atoms with Gasteiger partial charge in [0.2, 0.25) is 0 Å². The standard InChI is InChI=1S/C22H22F3N5O3/c1-12-15-3-2-14(22(23,24)25)8-13(15)4-5-30(12)20(31)18-11-29(6-7-32-18)17-10-27-9-16-19(17)33-21(26)28-16/h2-3,8-10,12,18H,4-7,11H2,1H3,(H2,26,28)/t12?,18-/m1/s1. The third-order valence-corrected chi connectivity index (χ3v) is 6.27. The number of nitrogens with two attached hydrogens (primary N) is 1. The molecule has 0 saturated carbocycles. The van der Waals surface area contributed by atoms with E-state index in [0.717, 1.165) is 11.6 Å². The number of nitrogen functional groups attached to an aromatic ring is 1. The molecule has 1 amide bonds. The van der Waals surface area contributed by atoms with Gasteiger partial charge in [-0.1, -0.05) is 6.07 Å². The molecule has 2 atom stereocenters. The summed E-state index contributed by atoms with van der Waals surface area (Å²) in [5, 5.41) is 0. The highest BCUT2D eigenvalue weighted by Crippen LogP contribution is 2.36. The van der Waals surface area contributed by atoms with Crippen LogP contribution in [0.4, 0.5) is 24.9 Å². The number of hydrogen-bond acceptors (Lipinski definition) is 7. The third-order valence-electron chi connectivity index (χ3n) is 6.27. The highest BCUT2D eigenvalue weighted by atomic mass is 19.4. The van der Waals surface area contributed by atoms with Crippen LogP contribution in [-0.2, 0) is 22.1 Å². The lowest BCUT2D eigenvalue weighted by Crippen LogP contribution is -2.52. The van der Waals surface area contributed by atoms with Gasteiger partial charge in [0.1, 0.15) is 11.2 Å². The summed E-state index contributed by atoms with van der Waals surface area (Å²) >= 11 is 0. The zero-order valence-corrected chi connectivity index (χ0v) is 17.8. The molecule has 0 aliphatic carbocycles. The monoisotopic (exact) mass is 461 g/mol. The quantitative estimate of drug-likeness (QED) is 0.626. The number of carbonyl (C=O) groups is 1. The first-order chi connectivity index (χ1) is 15.7. The number of benzene rings is 1. The Morgan fingerprint density at radius 1 is 1.24 bits per heavy atom. The molecule has 2 aliphatic rings. The van der Waals surface area contributed by atoms with Crippen LogP contribution in [0.5, 0.6) is 0 Å². The van der Waals surface area contributed by atoms with Crippen LogP contribution >= 0.6 is 0 Å². The third kappa shape index (κ3) is 3.86. The first kappa shape index (κ1) is 21.5. The predicted octanol–water partition coefficient (Wildman–Crippen LogP) is 3.17. The second-order valence-corrected chi connectivity index (χ2v) is 8.23. The van der Waals surface area contributed by atoms with E-state index in [1.54, 1.807) is 17.3 Å². The van der Waals surface area contributed by atoms with Gasteiger partial charge in [0.25, 0.3) is 11.9 Å². The van der Waals surface area contributed by atoms with E-state index in [0.29, 0.717) is 48.5 Å². The molecule has 5 rings (SSSR count). The molecule has 8 nitrogen and oxygen atoms in total. The zero-order valence-electron chi connectivity index (χ0n) is 17.8. The summed E-state index contributed by atoms with van der Waals surface area (Å²) < 4.78 is 50.5. The molecule has 2 N–H and O–H groups in total. The Kier molecular flexibility index (Phi) is 5.15. The lowest BCUT2D eigenvalue weighted by Gasteiger charge is -2.40. The van der Waals surface area contributed by atoms with Crippen molar-refractivity contribution < 1.29 is 27.1 Å². The lowest BCUT2D eigenvalue weighted by atomic mass is 9.91. The Balaban J connectivity index is 1.35. The molecule has 2 aliphatic heterocycles. The number of hydrogen-bond donors (Lipinski definition) is 1. The van der Waals surface area contributed by atoms with Crippen molar-refractivity contribution in [3.63, 3.8) is 0 Å². The molecule has 33 heavy (non-hydrogen) atoms. The number of amides is 1. The number of halogens is 3. The number of nitrogens with zero attached hydrogens (tertiary/aromatic N) is 4. The van der Waals surface area contributed by atoms with Gasteiger partial charge in [0, 0.05) is 13.1 Å². The van der Waals surface area contributed by atoms with Gasteiger partial charge < -0.3 is 24.7 Å². The molecule has 4 heterocycles. The number of fused-ring (bicyclic) bond motifs is 2. The van der Waals surface area contributed by atoms with Gasteiger partial charge in [0.15, 0.2) is 11.7 Å². The van der Waals surface area contributed by atoms with Crippen LogP contribution in [0.3, 0.4) is 0 Å². The fourth-order valence-electron chi connectivity index (χ4n) is 4.59. The van der Waals surface area contributed by atoms with Crippen LogP contribution in [0.1, 0.15) is 29.7 Å². The summed E-state index contributed by atoms with van der Waals surface area (Å²) in [6.45, 7) is 3.28. The number of morpholine rings is 1. The SMILES string of the molecule is CC1c2ccc(C(F)(F)F)cc2CCN1C(=O)[C@H]1CN(c2cncc3nc(N)oc23)CCO1. The number of carbonyl (C=O) groups excluding carboxylic acids is 1. The van der Waals surface area contributed by atoms with Crippen LogP contribution < -0.4 is 10.6 Å². The smallest absolute Gasteiger partial charge is 0.416 e. The number of ether oxygens (including phenoxy) is 1. The number of anilines is 2. The molecule has 174 valence electrons. The van der Waals surface area contributed by atoms with Gasteiger partial charge in [0.05, 0.1) is 37.2 Å². The maximum Gasteiger partial charge on any atom is 0.416 e. The van der Waals surface area contributed by atoms with Gasteiger partial charge in [-0.3, -0.25) is 9.78 Å². The highest BCUT2D eigenvalue weighted by molar-refractivity contribution is 5.88. The van der Waals surface area contributed by atoms with Crippen molar-refractivity contribution in [1.82, 2.24) is 14.9 Å². The molecule has 1 fully saturated rings. The van der Waals surface area contributed by atoms with E-state index in [9.17, 15) is 18.0 Å². The minimum absolute atomic E-state index is 0.0367. The van der Waals surface area contributed by atoms with Gasteiger partial charge in [-0.05, 0) is 36.6 Å². The van der Waals surface area contributed by atoms with Crippen molar-refractivity contribution in [3.8, 4) is 0 Å². The Bertz CT molecular complexity index is 1210. The molecular formula is C22H22F3N5O3. The number of pyridine rings is 1. The van der Waals surface area contributed by atoms with Crippen molar-refractivity contribution in [3.05, 3.63) is 47.3 Å². The molecule has 11 heteroatoms. The van der Waals surface area contributed by atoms with E-state index in [-0.39, 0.29) is 24.5 Å². The molecule has 0 bridgehead atoms. The van der Waals surface area contributed by atoms with Crippen LogP contribution in [0, 0.1) is 0 Å². The van der Waals surface area contributed by atoms with Crippen LogP contribution in [0.2, 0.25) is 0 Å². The summed E-state index contributed by atoms with van der Waals surface area (Å²) in [5.74, 6) is -0.199. The van der Waals surface area contributed by atoms with Crippen LogP contribution in [0.25, 0.3) is 11.1 Å². The van der Waals surface area contributed by atoms with E-state index >= 15 is 0 Å². The van der Waals surface area contributed by atoms with Crippen LogP contribution in [-0.4, -0.2) is 53.1 Å². The Morgan fingerprint density at radius 3 is 2.85 bits per heavy atom. The Labute approximate surface area is 187 Å². The average molecular weight is 461 g/mol. The van der Waals surface area contributed by atoms with Gasteiger partial charge in [-0.2, -0.15) is 18.2 Å². The van der Waals surface area contributed by atoms with Crippen molar-refractivity contribution in [2.45, 2.75) is 31.7 Å². The second-order valence-electron chi connectivity index (χ2n) is 8.23. The van der Waals surface area contributed by atoms with Gasteiger partial charge in [-0.15, -0.1) is 0 Å². The number of oxazole rings is 1. The van der Waals surface area contributed by atoms with E-state index in [4.69, 9.17) is 14.9 Å². The average Bonchev–Trinajstić information content (AvgIpc) is 3.18. The normalized spacial score (nSPS) is 21.3. The molecule has 1 aromatic carbocycles. The van der Waals surface area contributed by atoms with E-state index in [2.05, 4.69) is 9.97 Å². The van der Waals surface area contributed by atoms with E-state index in [1.807, 2.05) is 11.8 Å². The van der Waals surface area contributed by atoms with Crippen molar-refractivity contribution >= 4 is 28.7 Å². The van der Waals surface area contributed by atoms with E-state index in [1.165, 1.54) is 12.1 Å². The molecule has 0 radical (unpaired) electrons. The summed E-state index contributed by atoms with van der Waals surface area (Å²) in [7, 11) is 0. The van der Waals surface area contributed by atoms with Gasteiger partial charge >= 0.3 is 6.18 Å². The topological polar surface area (TPSA) is 97.7 Å². The van der Waals surface area contributed by atoms with Gasteiger partial charge in [-0.25, -0.2) is 0 Å². The van der Waals surface area contributed by atoms with Crippen molar-refractivity contribution in [2.75, 3.05) is 36.9 Å². The van der Waals surface area contributed by atoms with E-state index < -0.39 is 17.8 Å². The maximum atomic E-state index is 13.4. The minimum atomic E-state index is -4.39. The zero-order chi connectivity index (χ0) is 23.3. The minimum Gasteiger partial charge on any atom is -0.421 e. The Hall–Kier alpha value is -3.34. The number of rotatable bonds is 2. The molecule has 2 aromatic heterocycles. The fourth-order valence-corrected chi connectivity index (χ4v) is 4.59. The first-order valence-electron chi connectivity index (χ1n) is 10.6. The summed E-state index contributed by atoms with van der Waals surface area (Å²) in [5.41, 5.74) is 8.05. The lowest BCUT2D eigenvalue weighted by molar-refractivity contribution is -0.147. The molecular weight excluding hydrogens is 439 g/mol. The number of aromatic nitrogens is 2. The summed E-state index contributed by atoms with van der Waals surface area (Å²) in [4.78, 5) is 25.3. The summed E-state index contributed by atoms with van der Waals surface area (Å²) in [6, 6.07) is 3.40. The summed E-state index contributed by atoms with van der Waals surface area (Å²) in [6.07, 6.45) is -1.58. The number of alkyl halides is 3. The molecule has 3 aromatic rings. The first-order valence-corrected chi connectivity index (χ1v) is 10.6. The largest absolute Gasteiger partial charge is 0.421 e.